The van der Waals surface area contributed by atoms with Crippen molar-refractivity contribution < 1.29 is 14.7 Å². The average Bonchev–Trinajstić information content (AvgIpc) is 2.81. The highest BCUT2D eigenvalue weighted by atomic mass is 16.4. The van der Waals surface area contributed by atoms with E-state index in [9.17, 15) is 9.59 Å². The fourth-order valence-electron chi connectivity index (χ4n) is 1.70. The van der Waals surface area contributed by atoms with Crippen LogP contribution >= 0.6 is 0 Å². The first-order valence-electron chi connectivity index (χ1n) is 4.93. The molecule has 1 amide bonds. The lowest BCUT2D eigenvalue weighted by atomic mass is 10.2. The fraction of sp³-hybridized carbons (Fsp3) is 0.444. The predicted octanol–water partition coefficient (Wildman–Crippen LogP) is -1.09. The van der Waals surface area contributed by atoms with Gasteiger partial charge in [0.05, 0.1) is 12.5 Å². The number of imidazole rings is 1. The summed E-state index contributed by atoms with van der Waals surface area (Å²) in [7, 11) is 0. The van der Waals surface area contributed by atoms with Crippen LogP contribution in [0.25, 0.3) is 0 Å². The molecule has 1 aliphatic rings. The van der Waals surface area contributed by atoms with Crippen molar-refractivity contribution in [2.24, 2.45) is 0 Å². The number of aromatic amines is 1. The molecular weight excluding hydrogens is 212 g/mol. The van der Waals surface area contributed by atoms with Gasteiger partial charge < -0.3 is 20.3 Å². The van der Waals surface area contributed by atoms with Gasteiger partial charge in [-0.3, -0.25) is 4.79 Å². The molecule has 0 spiro atoms. The number of hydrogen-bond donors (Lipinski definition) is 3. The molecule has 2 heterocycles. The molecule has 1 fully saturated rings. The van der Waals surface area contributed by atoms with E-state index in [4.69, 9.17) is 5.11 Å². The minimum Gasteiger partial charge on any atom is -0.480 e. The lowest BCUT2D eigenvalue weighted by Crippen LogP contribution is -2.57. The minimum atomic E-state index is -1.000. The summed E-state index contributed by atoms with van der Waals surface area (Å²) >= 11 is 0. The Labute approximate surface area is 91.5 Å². The largest absolute Gasteiger partial charge is 0.480 e. The van der Waals surface area contributed by atoms with Gasteiger partial charge in [-0.2, -0.15) is 0 Å². The third-order valence-corrected chi connectivity index (χ3v) is 2.52. The van der Waals surface area contributed by atoms with Gasteiger partial charge in [-0.15, -0.1) is 0 Å². The van der Waals surface area contributed by atoms with E-state index in [0.29, 0.717) is 18.8 Å². The van der Waals surface area contributed by atoms with Gasteiger partial charge in [0, 0.05) is 19.6 Å². The number of carbonyl (C=O) groups is 2. The molecule has 0 saturated carbocycles. The molecule has 0 radical (unpaired) electrons. The van der Waals surface area contributed by atoms with Crippen LogP contribution in [0.1, 0.15) is 10.5 Å². The van der Waals surface area contributed by atoms with E-state index < -0.39 is 12.0 Å². The van der Waals surface area contributed by atoms with E-state index in [1.54, 1.807) is 0 Å². The molecule has 2 rings (SSSR count). The van der Waals surface area contributed by atoms with Gasteiger partial charge in [0.25, 0.3) is 5.91 Å². The number of amides is 1. The van der Waals surface area contributed by atoms with Gasteiger partial charge in [-0.25, -0.2) is 9.78 Å². The molecule has 0 bridgehead atoms. The molecule has 7 nitrogen and oxygen atoms in total. The summed E-state index contributed by atoms with van der Waals surface area (Å²) in [5.41, 5.74) is 0.313. The van der Waals surface area contributed by atoms with E-state index >= 15 is 0 Å². The van der Waals surface area contributed by atoms with Crippen LogP contribution in [0.3, 0.4) is 0 Å². The SMILES string of the molecule is O=C(O)C1CNCCN1C(=O)c1cnc[nH]1. The molecule has 16 heavy (non-hydrogen) atoms. The zero-order valence-corrected chi connectivity index (χ0v) is 8.51. The Morgan fingerprint density at radius 3 is 3.00 bits per heavy atom. The van der Waals surface area contributed by atoms with Crippen molar-refractivity contribution in [2.75, 3.05) is 19.6 Å². The second-order valence-corrected chi connectivity index (χ2v) is 3.52. The molecule has 0 aliphatic carbocycles. The highest BCUT2D eigenvalue weighted by molar-refractivity contribution is 5.95. The molecule has 1 aliphatic heterocycles. The number of aromatic nitrogens is 2. The number of hydrogen-bond acceptors (Lipinski definition) is 4. The normalized spacial score (nSPS) is 20.8. The Balaban J connectivity index is 2.17. The lowest BCUT2D eigenvalue weighted by Gasteiger charge is -2.33. The Morgan fingerprint density at radius 1 is 1.56 bits per heavy atom. The number of nitrogens with one attached hydrogen (secondary N) is 2. The van der Waals surface area contributed by atoms with Crippen molar-refractivity contribution in [1.82, 2.24) is 20.2 Å². The number of piperazine rings is 1. The third kappa shape index (κ3) is 1.89. The van der Waals surface area contributed by atoms with E-state index in [1.165, 1.54) is 17.4 Å². The van der Waals surface area contributed by atoms with Crippen molar-refractivity contribution in [2.45, 2.75) is 6.04 Å². The van der Waals surface area contributed by atoms with Gasteiger partial charge in [0.2, 0.25) is 0 Å². The van der Waals surface area contributed by atoms with Crippen LogP contribution in [-0.2, 0) is 4.79 Å². The first-order chi connectivity index (χ1) is 7.70. The first-order valence-corrected chi connectivity index (χ1v) is 4.93. The summed E-state index contributed by atoms with van der Waals surface area (Å²) in [5.74, 6) is -1.33. The van der Waals surface area contributed by atoms with Crippen LogP contribution in [0, 0.1) is 0 Å². The summed E-state index contributed by atoms with van der Waals surface area (Å²) < 4.78 is 0. The molecule has 0 aromatic carbocycles. The van der Waals surface area contributed by atoms with Crippen LogP contribution in [0.5, 0.6) is 0 Å². The Hall–Kier alpha value is -1.89. The summed E-state index contributed by atoms with van der Waals surface area (Å²) in [5, 5.41) is 11.9. The Bertz CT molecular complexity index is 389. The number of rotatable bonds is 2. The summed E-state index contributed by atoms with van der Waals surface area (Å²) in [4.78, 5) is 30.7. The van der Waals surface area contributed by atoms with Gasteiger partial charge in [-0.05, 0) is 0 Å². The summed E-state index contributed by atoms with van der Waals surface area (Å²) in [6, 6.07) is -0.815. The number of carboxylic acid groups (broad SMARTS) is 1. The van der Waals surface area contributed by atoms with E-state index in [0.717, 1.165) is 0 Å². The topological polar surface area (TPSA) is 98.3 Å². The van der Waals surface area contributed by atoms with Crippen molar-refractivity contribution in [3.05, 3.63) is 18.2 Å². The number of carbonyl (C=O) groups excluding carboxylic acids is 1. The lowest BCUT2D eigenvalue weighted by molar-refractivity contribution is -0.142. The van der Waals surface area contributed by atoms with Gasteiger partial charge >= 0.3 is 5.97 Å². The maximum absolute atomic E-state index is 11.9. The Kier molecular flexibility index (Phi) is 2.86. The maximum Gasteiger partial charge on any atom is 0.327 e. The van der Waals surface area contributed by atoms with Crippen LogP contribution in [0.4, 0.5) is 0 Å². The molecule has 86 valence electrons. The average molecular weight is 224 g/mol. The van der Waals surface area contributed by atoms with Gasteiger partial charge in [0.15, 0.2) is 0 Å². The van der Waals surface area contributed by atoms with Gasteiger partial charge in [-0.1, -0.05) is 0 Å². The molecule has 1 saturated heterocycles. The highest BCUT2D eigenvalue weighted by Crippen LogP contribution is 2.08. The first kappa shape index (κ1) is 10.6. The van der Waals surface area contributed by atoms with Crippen molar-refractivity contribution >= 4 is 11.9 Å². The van der Waals surface area contributed by atoms with Gasteiger partial charge in [0.1, 0.15) is 11.7 Å². The molecular formula is C9H12N4O3. The quantitative estimate of drug-likeness (QED) is 0.593. The monoisotopic (exact) mass is 224 g/mol. The molecule has 1 unspecified atom stereocenters. The number of carboxylic acids is 1. The fourth-order valence-corrected chi connectivity index (χ4v) is 1.70. The molecule has 1 aromatic heterocycles. The smallest absolute Gasteiger partial charge is 0.327 e. The van der Waals surface area contributed by atoms with Crippen molar-refractivity contribution in [3.8, 4) is 0 Å². The van der Waals surface area contributed by atoms with E-state index in [-0.39, 0.29) is 12.5 Å². The van der Waals surface area contributed by atoms with Crippen molar-refractivity contribution in [3.63, 3.8) is 0 Å². The number of H-pyrrole nitrogens is 1. The second kappa shape index (κ2) is 4.31. The maximum atomic E-state index is 11.9. The summed E-state index contributed by atoms with van der Waals surface area (Å²) in [6.45, 7) is 1.26. The second-order valence-electron chi connectivity index (χ2n) is 3.52. The highest BCUT2D eigenvalue weighted by Gasteiger charge is 2.32. The molecule has 7 heteroatoms. The standard InChI is InChI=1S/C9H12N4O3/c14-8(6-3-11-5-12-6)13-2-1-10-4-7(13)9(15)16/h3,5,7,10H,1-2,4H2,(H,11,12)(H,15,16). The summed E-state index contributed by atoms with van der Waals surface area (Å²) in [6.07, 6.45) is 2.79. The minimum absolute atomic E-state index is 0.273. The molecule has 3 N–H and O–H groups in total. The zero-order valence-electron chi connectivity index (χ0n) is 8.51. The van der Waals surface area contributed by atoms with Crippen LogP contribution in [-0.4, -0.2) is 57.5 Å². The Morgan fingerprint density at radius 2 is 2.38 bits per heavy atom. The van der Waals surface area contributed by atoms with E-state index in [2.05, 4.69) is 15.3 Å². The van der Waals surface area contributed by atoms with Crippen LogP contribution in [0.2, 0.25) is 0 Å². The third-order valence-electron chi connectivity index (χ3n) is 2.52. The van der Waals surface area contributed by atoms with Crippen LogP contribution in [0.15, 0.2) is 12.5 Å². The van der Waals surface area contributed by atoms with Crippen LogP contribution < -0.4 is 5.32 Å². The van der Waals surface area contributed by atoms with Crippen molar-refractivity contribution in [1.29, 1.82) is 0 Å². The zero-order chi connectivity index (χ0) is 11.5. The number of aliphatic carboxylic acids is 1. The predicted molar refractivity (Wildman–Crippen MR) is 53.9 cm³/mol. The molecule has 1 aromatic rings. The van der Waals surface area contributed by atoms with E-state index in [1.807, 2.05) is 0 Å². The number of nitrogens with zero attached hydrogens (tertiary/aromatic N) is 2. The molecule has 1 atom stereocenters.